The zero-order valence-electron chi connectivity index (χ0n) is 12.2. The molecule has 0 bridgehead atoms. The van der Waals surface area contributed by atoms with Crippen molar-refractivity contribution in [3.05, 3.63) is 71.8 Å². The van der Waals surface area contributed by atoms with E-state index in [0.717, 1.165) is 11.5 Å². The van der Waals surface area contributed by atoms with E-state index in [4.69, 9.17) is 4.74 Å². The van der Waals surface area contributed by atoms with Gasteiger partial charge >= 0.3 is 5.97 Å². The number of hydrogen-bond acceptors (Lipinski definition) is 4. The maximum absolute atomic E-state index is 11.8. The second kappa shape index (κ2) is 9.05. The van der Waals surface area contributed by atoms with E-state index >= 15 is 0 Å². The van der Waals surface area contributed by atoms with E-state index in [1.165, 1.54) is 5.56 Å². The van der Waals surface area contributed by atoms with Crippen LogP contribution in [0.5, 0.6) is 0 Å². The summed E-state index contributed by atoms with van der Waals surface area (Å²) in [5, 5.41) is 0. The molecule has 0 aliphatic carbocycles. The lowest BCUT2D eigenvalue weighted by Crippen LogP contribution is -2.13. The van der Waals surface area contributed by atoms with Crippen molar-refractivity contribution in [2.24, 2.45) is 0 Å². The van der Waals surface area contributed by atoms with Crippen LogP contribution in [0.4, 0.5) is 0 Å². The maximum Gasteiger partial charge on any atom is 0.313 e. The van der Waals surface area contributed by atoms with Crippen LogP contribution in [0.3, 0.4) is 0 Å². The Hall–Kier alpha value is -2.07. The number of Topliss-reactive ketones (excluding diaryl/α,β-unsaturated/α-hetero) is 1. The molecule has 22 heavy (non-hydrogen) atoms. The summed E-state index contributed by atoms with van der Waals surface area (Å²) in [5.41, 5.74) is 1.79. The number of carbonyl (C=O) groups excluding carboxylic acids is 2. The summed E-state index contributed by atoms with van der Waals surface area (Å²) >= 11 is 1.70. The highest BCUT2D eigenvalue weighted by molar-refractivity contribution is 7.98. The monoisotopic (exact) mass is 314 g/mol. The molecule has 0 aliphatic rings. The average molecular weight is 314 g/mol. The van der Waals surface area contributed by atoms with Crippen LogP contribution in [0.2, 0.25) is 0 Å². The molecule has 2 aromatic rings. The Bertz CT molecular complexity index is 596. The first-order valence-corrected chi connectivity index (χ1v) is 8.27. The molecule has 0 amide bonds. The molecule has 0 atom stereocenters. The molecular weight excluding hydrogens is 296 g/mol. The number of thioether (sulfide) groups is 1. The Morgan fingerprint density at radius 1 is 0.909 bits per heavy atom. The number of benzene rings is 2. The van der Waals surface area contributed by atoms with Gasteiger partial charge in [-0.1, -0.05) is 60.7 Å². The van der Waals surface area contributed by atoms with E-state index in [0.29, 0.717) is 12.2 Å². The smallest absolute Gasteiger partial charge is 0.313 e. The number of carbonyl (C=O) groups is 2. The summed E-state index contributed by atoms with van der Waals surface area (Å²) in [6.45, 7) is 0.332. The number of esters is 1. The topological polar surface area (TPSA) is 43.4 Å². The van der Waals surface area contributed by atoms with Crippen LogP contribution in [0.15, 0.2) is 60.7 Å². The van der Waals surface area contributed by atoms with E-state index in [1.54, 1.807) is 36.0 Å². The van der Waals surface area contributed by atoms with Crippen LogP contribution in [0.1, 0.15) is 22.3 Å². The lowest BCUT2D eigenvalue weighted by atomic mass is 10.1. The van der Waals surface area contributed by atoms with Crippen molar-refractivity contribution >= 4 is 23.5 Å². The van der Waals surface area contributed by atoms with Crippen LogP contribution < -0.4 is 0 Å². The number of rotatable bonds is 8. The van der Waals surface area contributed by atoms with Crippen molar-refractivity contribution in [3.63, 3.8) is 0 Å². The Labute approximate surface area is 134 Å². The largest absolute Gasteiger partial charge is 0.464 e. The fourth-order valence-electron chi connectivity index (χ4n) is 1.89. The van der Waals surface area contributed by atoms with Crippen molar-refractivity contribution in [2.45, 2.75) is 12.2 Å². The molecule has 0 aromatic heterocycles. The first-order chi connectivity index (χ1) is 10.8. The minimum atomic E-state index is -0.464. The minimum Gasteiger partial charge on any atom is -0.464 e. The molecule has 0 N–H and O–H groups in total. The fraction of sp³-hybridized carbons (Fsp3) is 0.222. The maximum atomic E-state index is 11.8. The molecule has 4 heteroatoms. The van der Waals surface area contributed by atoms with Gasteiger partial charge in [0, 0.05) is 17.1 Å². The molecule has 0 saturated carbocycles. The first-order valence-electron chi connectivity index (χ1n) is 7.11. The molecule has 0 heterocycles. The second-order valence-corrected chi connectivity index (χ2v) is 5.83. The molecule has 114 valence electrons. The van der Waals surface area contributed by atoms with Gasteiger partial charge in [-0.25, -0.2) is 0 Å². The Balaban J connectivity index is 1.61. The van der Waals surface area contributed by atoms with Gasteiger partial charge in [-0.2, -0.15) is 11.8 Å². The second-order valence-electron chi connectivity index (χ2n) is 4.72. The summed E-state index contributed by atoms with van der Waals surface area (Å²) in [6.07, 6.45) is -0.201. The van der Waals surface area contributed by atoms with Gasteiger partial charge in [0.25, 0.3) is 0 Å². The van der Waals surface area contributed by atoms with Gasteiger partial charge in [-0.3, -0.25) is 9.59 Å². The first kappa shape index (κ1) is 16.3. The van der Waals surface area contributed by atoms with Gasteiger partial charge in [-0.15, -0.1) is 0 Å². The third-order valence-corrected chi connectivity index (χ3v) is 4.00. The number of ether oxygens (including phenoxy) is 1. The molecule has 0 saturated heterocycles. The summed E-state index contributed by atoms with van der Waals surface area (Å²) in [4.78, 5) is 23.4. The molecule has 0 spiro atoms. The van der Waals surface area contributed by atoms with Gasteiger partial charge in [0.05, 0.1) is 0 Å². The zero-order chi connectivity index (χ0) is 15.6. The molecule has 2 rings (SSSR count). The summed E-state index contributed by atoms with van der Waals surface area (Å²) < 4.78 is 5.09. The summed E-state index contributed by atoms with van der Waals surface area (Å²) in [5.74, 6) is 0.943. The average Bonchev–Trinajstić information content (AvgIpc) is 2.56. The van der Waals surface area contributed by atoms with Gasteiger partial charge in [0.15, 0.2) is 5.78 Å². The predicted molar refractivity (Wildman–Crippen MR) is 89.0 cm³/mol. The highest BCUT2D eigenvalue weighted by Crippen LogP contribution is 2.11. The highest BCUT2D eigenvalue weighted by Gasteiger charge is 2.12. The molecule has 0 fully saturated rings. The SMILES string of the molecule is O=C(CC(=O)c1ccccc1)OCCSCc1ccccc1. The third kappa shape index (κ3) is 5.74. The Morgan fingerprint density at radius 2 is 1.55 bits per heavy atom. The van der Waals surface area contributed by atoms with Crippen molar-refractivity contribution in [3.8, 4) is 0 Å². The molecule has 0 radical (unpaired) electrons. The molecule has 3 nitrogen and oxygen atoms in total. The lowest BCUT2D eigenvalue weighted by Gasteiger charge is -2.05. The normalized spacial score (nSPS) is 10.2. The van der Waals surface area contributed by atoms with E-state index in [9.17, 15) is 9.59 Å². The van der Waals surface area contributed by atoms with Crippen LogP contribution in [0.25, 0.3) is 0 Å². The van der Waals surface area contributed by atoms with E-state index in [1.807, 2.05) is 24.3 Å². The standard InChI is InChI=1S/C18H18O3S/c19-17(16-9-5-2-6-10-16)13-18(20)21-11-12-22-14-15-7-3-1-4-8-15/h1-10H,11-14H2. The Kier molecular flexibility index (Phi) is 6.71. The highest BCUT2D eigenvalue weighted by atomic mass is 32.2. The van der Waals surface area contributed by atoms with Crippen molar-refractivity contribution in [1.29, 1.82) is 0 Å². The predicted octanol–water partition coefficient (Wildman–Crippen LogP) is 3.74. The third-order valence-electron chi connectivity index (χ3n) is 3.00. The summed E-state index contributed by atoms with van der Waals surface area (Å²) in [7, 11) is 0. The van der Waals surface area contributed by atoms with Crippen molar-refractivity contribution in [2.75, 3.05) is 12.4 Å². The number of ketones is 1. The van der Waals surface area contributed by atoms with Gasteiger partial charge in [0.1, 0.15) is 13.0 Å². The van der Waals surface area contributed by atoms with Crippen LogP contribution in [-0.4, -0.2) is 24.1 Å². The van der Waals surface area contributed by atoms with Crippen LogP contribution >= 0.6 is 11.8 Å². The molecular formula is C18H18O3S. The van der Waals surface area contributed by atoms with E-state index in [2.05, 4.69) is 12.1 Å². The molecule has 0 unspecified atom stereocenters. The van der Waals surface area contributed by atoms with Crippen molar-refractivity contribution in [1.82, 2.24) is 0 Å². The van der Waals surface area contributed by atoms with Gasteiger partial charge in [-0.05, 0) is 5.56 Å². The summed E-state index contributed by atoms with van der Waals surface area (Å²) in [6, 6.07) is 18.9. The zero-order valence-corrected chi connectivity index (χ0v) is 13.1. The van der Waals surface area contributed by atoms with Gasteiger partial charge < -0.3 is 4.74 Å². The lowest BCUT2D eigenvalue weighted by molar-refractivity contribution is -0.141. The molecule has 0 aliphatic heterocycles. The Morgan fingerprint density at radius 3 is 2.23 bits per heavy atom. The van der Waals surface area contributed by atoms with E-state index < -0.39 is 5.97 Å². The molecule has 2 aromatic carbocycles. The van der Waals surface area contributed by atoms with Crippen LogP contribution in [-0.2, 0) is 15.3 Å². The van der Waals surface area contributed by atoms with Crippen molar-refractivity contribution < 1.29 is 14.3 Å². The van der Waals surface area contributed by atoms with Gasteiger partial charge in [0.2, 0.25) is 0 Å². The van der Waals surface area contributed by atoms with E-state index in [-0.39, 0.29) is 12.2 Å². The minimum absolute atomic E-state index is 0.201. The fourth-order valence-corrected chi connectivity index (χ4v) is 2.66. The van der Waals surface area contributed by atoms with Crippen LogP contribution in [0, 0.1) is 0 Å². The number of hydrogen-bond donors (Lipinski definition) is 0. The quantitative estimate of drug-likeness (QED) is 0.322.